The predicted octanol–water partition coefficient (Wildman–Crippen LogP) is 2.14. The summed E-state index contributed by atoms with van der Waals surface area (Å²) >= 11 is 0. The van der Waals surface area contributed by atoms with Crippen molar-refractivity contribution in [3.8, 4) is 5.75 Å². The van der Waals surface area contributed by atoms with Crippen molar-refractivity contribution < 1.29 is 9.15 Å². The molecular formula is C21H25N5O3. The van der Waals surface area contributed by atoms with Crippen LogP contribution in [0.5, 0.6) is 5.75 Å². The number of piperazine rings is 1. The topological polar surface area (TPSA) is 85.8 Å². The summed E-state index contributed by atoms with van der Waals surface area (Å²) in [6, 6.07) is 12.0. The molecule has 1 saturated heterocycles. The molecule has 0 bridgehead atoms. The molecule has 3 heterocycles. The van der Waals surface area contributed by atoms with Crippen molar-refractivity contribution in [1.29, 1.82) is 0 Å². The summed E-state index contributed by atoms with van der Waals surface area (Å²) in [4.78, 5) is 19.0. The molecule has 152 valence electrons. The second-order valence-corrected chi connectivity index (χ2v) is 7.50. The number of hydrogen-bond donors (Lipinski definition) is 3. The Bertz CT molecular complexity index is 1050. The maximum absolute atomic E-state index is 11.5. The highest BCUT2D eigenvalue weighted by Crippen LogP contribution is 2.26. The van der Waals surface area contributed by atoms with Gasteiger partial charge in [-0.15, -0.1) is 0 Å². The van der Waals surface area contributed by atoms with Gasteiger partial charge in [-0.3, -0.25) is 9.88 Å². The largest absolute Gasteiger partial charge is 0.493 e. The number of hydrogen-bond acceptors (Lipinski definition) is 7. The van der Waals surface area contributed by atoms with Crippen molar-refractivity contribution in [2.45, 2.75) is 13.0 Å². The average Bonchev–Trinajstić information content (AvgIpc) is 3.36. The highest BCUT2D eigenvalue weighted by molar-refractivity contribution is 5.86. The molecular weight excluding hydrogens is 370 g/mol. The molecule has 29 heavy (non-hydrogen) atoms. The summed E-state index contributed by atoms with van der Waals surface area (Å²) in [5.74, 6) is 0.507. The Morgan fingerprint density at radius 3 is 2.90 bits per heavy atom. The predicted molar refractivity (Wildman–Crippen MR) is 113 cm³/mol. The zero-order valence-corrected chi connectivity index (χ0v) is 16.2. The summed E-state index contributed by atoms with van der Waals surface area (Å²) in [5, 5.41) is 0. The zero-order chi connectivity index (χ0) is 19.6. The number of H-pyrrole nitrogens is 1. The third-order valence-corrected chi connectivity index (χ3v) is 5.61. The molecule has 2 aliphatic heterocycles. The summed E-state index contributed by atoms with van der Waals surface area (Å²) in [6.07, 6.45) is 0.991. The van der Waals surface area contributed by atoms with Gasteiger partial charge < -0.3 is 19.5 Å². The first-order valence-corrected chi connectivity index (χ1v) is 10.1. The van der Waals surface area contributed by atoms with E-state index in [1.807, 2.05) is 30.3 Å². The molecule has 8 nitrogen and oxygen atoms in total. The number of rotatable bonds is 6. The molecule has 0 amide bonds. The van der Waals surface area contributed by atoms with Crippen LogP contribution in [0.2, 0.25) is 0 Å². The van der Waals surface area contributed by atoms with Crippen molar-refractivity contribution in [3.63, 3.8) is 0 Å². The standard InChI is InChI=1S/C21H25N5O3/c27-21-23-17-3-1-4-19(20(17)29-21)26-10-8-25(9-11-26)7-2-12-28-16-6-5-15-14-22-24-18(15)13-16/h1,3-6,13,22,24H,2,7-12,14H2,(H,23,27). The summed E-state index contributed by atoms with van der Waals surface area (Å²) < 4.78 is 11.2. The van der Waals surface area contributed by atoms with E-state index in [1.165, 1.54) is 5.56 Å². The Kier molecular flexibility index (Phi) is 4.87. The fraction of sp³-hybridized carbons (Fsp3) is 0.381. The Morgan fingerprint density at radius 2 is 2.00 bits per heavy atom. The van der Waals surface area contributed by atoms with Crippen LogP contribution in [0.4, 0.5) is 11.4 Å². The lowest BCUT2D eigenvalue weighted by Gasteiger charge is -2.35. The molecule has 2 aliphatic rings. The number of aromatic nitrogens is 1. The first-order chi connectivity index (χ1) is 14.3. The minimum Gasteiger partial charge on any atom is -0.493 e. The summed E-state index contributed by atoms with van der Waals surface area (Å²) in [5.41, 5.74) is 11.0. The number of nitrogens with zero attached hydrogens (tertiary/aromatic N) is 2. The number of ether oxygens (including phenoxy) is 1. The monoisotopic (exact) mass is 395 g/mol. The molecule has 0 unspecified atom stereocenters. The van der Waals surface area contributed by atoms with Gasteiger partial charge in [-0.2, -0.15) is 0 Å². The van der Waals surface area contributed by atoms with E-state index in [0.29, 0.717) is 12.2 Å². The first-order valence-electron chi connectivity index (χ1n) is 10.1. The van der Waals surface area contributed by atoms with Crippen LogP contribution in [0.15, 0.2) is 45.6 Å². The van der Waals surface area contributed by atoms with Crippen LogP contribution >= 0.6 is 0 Å². The third kappa shape index (κ3) is 3.81. The van der Waals surface area contributed by atoms with Gasteiger partial charge in [-0.1, -0.05) is 12.1 Å². The second-order valence-electron chi connectivity index (χ2n) is 7.50. The van der Waals surface area contributed by atoms with E-state index in [9.17, 15) is 4.79 Å². The van der Waals surface area contributed by atoms with Crippen molar-refractivity contribution in [3.05, 3.63) is 52.5 Å². The van der Waals surface area contributed by atoms with Gasteiger partial charge in [0.25, 0.3) is 0 Å². The van der Waals surface area contributed by atoms with Gasteiger partial charge in [0.15, 0.2) is 5.58 Å². The minimum absolute atomic E-state index is 0.401. The van der Waals surface area contributed by atoms with Crippen LogP contribution in [0, 0.1) is 0 Å². The van der Waals surface area contributed by atoms with Crippen LogP contribution in [-0.4, -0.2) is 49.2 Å². The van der Waals surface area contributed by atoms with Gasteiger partial charge in [0, 0.05) is 45.3 Å². The molecule has 3 aromatic rings. The van der Waals surface area contributed by atoms with Crippen molar-refractivity contribution in [2.24, 2.45) is 0 Å². The minimum atomic E-state index is -0.401. The van der Waals surface area contributed by atoms with Crippen molar-refractivity contribution >= 4 is 22.5 Å². The van der Waals surface area contributed by atoms with Gasteiger partial charge in [-0.05, 0) is 30.2 Å². The summed E-state index contributed by atoms with van der Waals surface area (Å²) in [7, 11) is 0. The highest BCUT2D eigenvalue weighted by Gasteiger charge is 2.20. The molecule has 3 N–H and O–H groups in total. The van der Waals surface area contributed by atoms with Crippen LogP contribution in [0.25, 0.3) is 11.1 Å². The molecule has 0 radical (unpaired) electrons. The molecule has 8 heteroatoms. The van der Waals surface area contributed by atoms with E-state index in [2.05, 4.69) is 31.7 Å². The van der Waals surface area contributed by atoms with Crippen LogP contribution in [0.3, 0.4) is 0 Å². The Morgan fingerprint density at radius 1 is 1.10 bits per heavy atom. The van der Waals surface area contributed by atoms with Crippen LogP contribution in [0.1, 0.15) is 12.0 Å². The molecule has 1 fully saturated rings. The Balaban J connectivity index is 1.09. The molecule has 0 saturated carbocycles. The Hall–Kier alpha value is -2.97. The van der Waals surface area contributed by atoms with Crippen molar-refractivity contribution in [1.82, 2.24) is 15.3 Å². The van der Waals surface area contributed by atoms with E-state index in [0.717, 1.165) is 68.3 Å². The van der Waals surface area contributed by atoms with Crippen LogP contribution < -0.4 is 26.2 Å². The molecule has 0 atom stereocenters. The fourth-order valence-corrected chi connectivity index (χ4v) is 4.05. The number of fused-ring (bicyclic) bond motifs is 2. The number of benzene rings is 2. The normalized spacial score (nSPS) is 16.8. The van der Waals surface area contributed by atoms with Crippen molar-refractivity contribution in [2.75, 3.05) is 49.7 Å². The maximum atomic E-state index is 11.5. The first kappa shape index (κ1) is 18.1. The SMILES string of the molecule is O=c1[nH]c2cccc(N3CCN(CCCOc4ccc5c(c4)NNC5)CC3)c2o1. The zero-order valence-electron chi connectivity index (χ0n) is 16.2. The van der Waals surface area contributed by atoms with Crippen LogP contribution in [-0.2, 0) is 6.54 Å². The van der Waals surface area contributed by atoms with Gasteiger partial charge in [-0.25, -0.2) is 10.2 Å². The fourth-order valence-electron chi connectivity index (χ4n) is 4.05. The number of aromatic amines is 1. The number of hydrazine groups is 1. The molecule has 2 aromatic carbocycles. The van der Waals surface area contributed by atoms with Gasteiger partial charge in [0.1, 0.15) is 5.75 Å². The van der Waals surface area contributed by atoms with Gasteiger partial charge >= 0.3 is 5.76 Å². The lowest BCUT2D eigenvalue weighted by molar-refractivity contribution is 0.225. The highest BCUT2D eigenvalue weighted by atomic mass is 16.5. The van der Waals surface area contributed by atoms with Gasteiger partial charge in [0.2, 0.25) is 0 Å². The van der Waals surface area contributed by atoms with E-state index in [1.54, 1.807) is 0 Å². The number of para-hydroxylation sites is 1. The molecule has 0 spiro atoms. The number of nitrogens with one attached hydrogen (secondary N) is 3. The molecule has 5 rings (SSSR count). The molecule has 0 aliphatic carbocycles. The summed E-state index contributed by atoms with van der Waals surface area (Å²) in [6.45, 7) is 6.38. The number of oxazole rings is 1. The third-order valence-electron chi connectivity index (χ3n) is 5.61. The van der Waals surface area contributed by atoms with Gasteiger partial charge in [0.05, 0.1) is 23.5 Å². The molecule has 1 aromatic heterocycles. The Labute approximate surface area is 168 Å². The maximum Gasteiger partial charge on any atom is 0.417 e. The lowest BCUT2D eigenvalue weighted by Crippen LogP contribution is -2.46. The van der Waals surface area contributed by atoms with E-state index < -0.39 is 5.76 Å². The van der Waals surface area contributed by atoms with E-state index >= 15 is 0 Å². The van der Waals surface area contributed by atoms with E-state index in [-0.39, 0.29) is 0 Å². The average molecular weight is 395 g/mol. The smallest absolute Gasteiger partial charge is 0.417 e. The van der Waals surface area contributed by atoms with E-state index in [4.69, 9.17) is 9.15 Å². The quantitative estimate of drug-likeness (QED) is 0.552. The number of anilines is 2. The lowest BCUT2D eigenvalue weighted by atomic mass is 10.2. The second kappa shape index (κ2) is 7.81.